The number of hydrogen-bond acceptors (Lipinski definition) is 4. The quantitative estimate of drug-likeness (QED) is 0.788. The van der Waals surface area contributed by atoms with Crippen molar-refractivity contribution >= 4 is 5.82 Å². The normalized spacial score (nSPS) is 24.7. The highest BCUT2D eigenvalue weighted by Crippen LogP contribution is 2.28. The molecule has 1 aromatic rings. The summed E-state index contributed by atoms with van der Waals surface area (Å²) < 4.78 is 1.42. The molecule has 1 N–H and O–H groups in total. The zero-order chi connectivity index (χ0) is 11.7. The Labute approximate surface area is 94.3 Å². The molecule has 1 saturated carbocycles. The Kier molecular flexibility index (Phi) is 2.96. The summed E-state index contributed by atoms with van der Waals surface area (Å²) in [5.41, 5.74) is -0.142. The lowest BCUT2D eigenvalue weighted by molar-refractivity contribution is 0.127. The van der Waals surface area contributed by atoms with Gasteiger partial charge in [0.2, 0.25) is 0 Å². The van der Waals surface area contributed by atoms with Crippen LogP contribution in [0.15, 0.2) is 16.9 Å². The molecule has 0 amide bonds. The molecule has 1 aliphatic carbocycles. The largest absolute Gasteiger partial charge is 0.391 e. The first kappa shape index (κ1) is 11.1. The maximum atomic E-state index is 11.7. The minimum Gasteiger partial charge on any atom is -0.391 e. The summed E-state index contributed by atoms with van der Waals surface area (Å²) in [7, 11) is 3.75. The molecule has 1 aliphatic rings. The Morgan fingerprint density at radius 1 is 1.44 bits per heavy atom. The van der Waals surface area contributed by atoms with E-state index in [0.29, 0.717) is 0 Å². The molecule has 5 nitrogen and oxygen atoms in total. The molecule has 16 heavy (non-hydrogen) atoms. The van der Waals surface area contributed by atoms with Crippen LogP contribution in [-0.2, 0) is 0 Å². The van der Waals surface area contributed by atoms with Gasteiger partial charge in [0.25, 0.3) is 5.56 Å². The van der Waals surface area contributed by atoms with Crippen LogP contribution in [0.4, 0.5) is 5.82 Å². The third kappa shape index (κ3) is 1.95. The number of aliphatic hydroxyl groups excluding tert-OH is 1. The smallest absolute Gasteiger partial charge is 0.267 e. The van der Waals surface area contributed by atoms with Crippen LogP contribution in [0.1, 0.15) is 25.3 Å². The topological polar surface area (TPSA) is 58.4 Å². The Morgan fingerprint density at radius 2 is 2.19 bits per heavy atom. The summed E-state index contributed by atoms with van der Waals surface area (Å²) in [5.74, 6) is 0.735. The third-order valence-corrected chi connectivity index (χ3v) is 3.03. The van der Waals surface area contributed by atoms with Gasteiger partial charge in [0.05, 0.1) is 12.1 Å². The van der Waals surface area contributed by atoms with E-state index in [1.807, 2.05) is 19.0 Å². The van der Waals surface area contributed by atoms with Gasteiger partial charge in [0, 0.05) is 20.2 Å². The van der Waals surface area contributed by atoms with E-state index in [-0.39, 0.29) is 11.6 Å². The molecule has 88 valence electrons. The van der Waals surface area contributed by atoms with Gasteiger partial charge in [-0.2, -0.15) is 5.10 Å². The third-order valence-electron chi connectivity index (χ3n) is 3.03. The van der Waals surface area contributed by atoms with Gasteiger partial charge in [-0.05, 0) is 25.3 Å². The van der Waals surface area contributed by atoms with Gasteiger partial charge in [-0.15, -0.1) is 0 Å². The van der Waals surface area contributed by atoms with E-state index < -0.39 is 6.10 Å². The summed E-state index contributed by atoms with van der Waals surface area (Å²) in [6, 6.07) is 3.04. The molecule has 2 atom stereocenters. The van der Waals surface area contributed by atoms with Crippen LogP contribution in [0.25, 0.3) is 0 Å². The van der Waals surface area contributed by atoms with Crippen LogP contribution in [0.2, 0.25) is 0 Å². The van der Waals surface area contributed by atoms with Crippen LogP contribution in [-0.4, -0.2) is 35.1 Å². The fourth-order valence-electron chi connectivity index (χ4n) is 2.10. The van der Waals surface area contributed by atoms with Crippen molar-refractivity contribution < 1.29 is 5.11 Å². The van der Waals surface area contributed by atoms with Crippen molar-refractivity contribution in [2.24, 2.45) is 0 Å². The van der Waals surface area contributed by atoms with Crippen LogP contribution in [0, 0.1) is 0 Å². The predicted molar refractivity (Wildman–Crippen MR) is 61.7 cm³/mol. The second kappa shape index (κ2) is 4.25. The molecular weight excluding hydrogens is 206 g/mol. The van der Waals surface area contributed by atoms with Crippen LogP contribution in [0.5, 0.6) is 0 Å². The zero-order valence-corrected chi connectivity index (χ0v) is 9.63. The van der Waals surface area contributed by atoms with Crippen molar-refractivity contribution in [1.82, 2.24) is 9.78 Å². The minimum absolute atomic E-state index is 0.142. The number of rotatable bonds is 2. The second-order valence-electron chi connectivity index (χ2n) is 4.43. The summed E-state index contributed by atoms with van der Waals surface area (Å²) in [4.78, 5) is 13.5. The fraction of sp³-hybridized carbons (Fsp3) is 0.636. The molecule has 0 spiro atoms. The number of aromatic nitrogens is 2. The van der Waals surface area contributed by atoms with Crippen molar-refractivity contribution in [2.75, 3.05) is 19.0 Å². The van der Waals surface area contributed by atoms with Gasteiger partial charge in [0.1, 0.15) is 5.82 Å². The molecule has 1 heterocycles. The molecule has 1 fully saturated rings. The van der Waals surface area contributed by atoms with Gasteiger partial charge >= 0.3 is 0 Å². The van der Waals surface area contributed by atoms with Gasteiger partial charge in [-0.25, -0.2) is 4.68 Å². The molecule has 0 radical (unpaired) electrons. The molecule has 0 aromatic carbocycles. The average molecular weight is 223 g/mol. The van der Waals surface area contributed by atoms with E-state index in [4.69, 9.17) is 0 Å². The summed E-state index contributed by atoms with van der Waals surface area (Å²) >= 11 is 0. The van der Waals surface area contributed by atoms with Gasteiger partial charge in [-0.1, -0.05) is 0 Å². The number of aliphatic hydroxyl groups is 1. The van der Waals surface area contributed by atoms with Crippen molar-refractivity contribution in [1.29, 1.82) is 0 Å². The van der Waals surface area contributed by atoms with Gasteiger partial charge in [-0.3, -0.25) is 4.79 Å². The minimum atomic E-state index is -0.442. The van der Waals surface area contributed by atoms with Crippen LogP contribution >= 0.6 is 0 Å². The molecule has 5 heteroatoms. The SMILES string of the molecule is CN(C)c1ccc(=O)n(C2CCCC2O)n1. The van der Waals surface area contributed by atoms with Crippen molar-refractivity contribution in [2.45, 2.75) is 31.4 Å². The maximum absolute atomic E-state index is 11.7. The van der Waals surface area contributed by atoms with Crippen LogP contribution < -0.4 is 10.5 Å². The maximum Gasteiger partial charge on any atom is 0.267 e. The molecule has 0 aliphatic heterocycles. The van der Waals surface area contributed by atoms with E-state index in [0.717, 1.165) is 25.1 Å². The monoisotopic (exact) mass is 223 g/mol. The van der Waals surface area contributed by atoms with Gasteiger partial charge < -0.3 is 10.0 Å². The van der Waals surface area contributed by atoms with Crippen molar-refractivity contribution in [3.63, 3.8) is 0 Å². The standard InChI is InChI=1S/C11H17N3O2/c1-13(2)10-6-7-11(16)14(12-10)8-4-3-5-9(8)15/h6-9,15H,3-5H2,1-2H3. The molecule has 2 rings (SSSR count). The average Bonchev–Trinajstić information content (AvgIpc) is 2.65. The molecule has 2 unspecified atom stereocenters. The first-order valence-corrected chi connectivity index (χ1v) is 5.55. The second-order valence-corrected chi connectivity index (χ2v) is 4.43. The van der Waals surface area contributed by atoms with E-state index >= 15 is 0 Å². The summed E-state index contributed by atoms with van der Waals surface area (Å²) in [6.45, 7) is 0. The lowest BCUT2D eigenvalue weighted by Crippen LogP contribution is -2.32. The highest BCUT2D eigenvalue weighted by molar-refractivity contribution is 5.33. The van der Waals surface area contributed by atoms with E-state index in [2.05, 4.69) is 5.10 Å². The Balaban J connectivity index is 2.39. The van der Waals surface area contributed by atoms with E-state index in [1.54, 1.807) is 6.07 Å². The number of hydrogen-bond donors (Lipinski definition) is 1. The number of anilines is 1. The zero-order valence-electron chi connectivity index (χ0n) is 9.63. The van der Waals surface area contributed by atoms with E-state index in [9.17, 15) is 9.90 Å². The Hall–Kier alpha value is -1.36. The van der Waals surface area contributed by atoms with E-state index in [1.165, 1.54) is 10.7 Å². The Bertz CT molecular complexity index is 427. The lowest BCUT2D eigenvalue weighted by Gasteiger charge is -2.19. The highest BCUT2D eigenvalue weighted by atomic mass is 16.3. The molecule has 1 aromatic heterocycles. The molecule has 0 bridgehead atoms. The van der Waals surface area contributed by atoms with Crippen molar-refractivity contribution in [3.8, 4) is 0 Å². The summed E-state index contributed by atoms with van der Waals surface area (Å²) in [5, 5.41) is 14.1. The van der Waals surface area contributed by atoms with Gasteiger partial charge in [0.15, 0.2) is 0 Å². The lowest BCUT2D eigenvalue weighted by atomic mass is 10.2. The van der Waals surface area contributed by atoms with Crippen molar-refractivity contribution in [3.05, 3.63) is 22.5 Å². The molecular formula is C11H17N3O2. The predicted octanol–water partition coefficient (Wildman–Crippen LogP) is 0.395. The molecule has 0 saturated heterocycles. The summed E-state index contributed by atoms with van der Waals surface area (Å²) in [6.07, 6.45) is 2.09. The highest BCUT2D eigenvalue weighted by Gasteiger charge is 2.28. The first-order chi connectivity index (χ1) is 7.59. The van der Waals surface area contributed by atoms with Crippen LogP contribution in [0.3, 0.4) is 0 Å². The number of nitrogens with zero attached hydrogens (tertiary/aromatic N) is 3. The first-order valence-electron chi connectivity index (χ1n) is 5.55. The fourth-order valence-corrected chi connectivity index (χ4v) is 2.10. The Morgan fingerprint density at radius 3 is 2.75 bits per heavy atom.